The molecule has 1 unspecified atom stereocenters. The lowest BCUT2D eigenvalue weighted by molar-refractivity contribution is -0.117. The van der Waals surface area contributed by atoms with Gasteiger partial charge in [-0.3, -0.25) is 9.59 Å². The number of anilines is 1. The number of benzene rings is 1. The summed E-state index contributed by atoms with van der Waals surface area (Å²) in [5, 5.41) is 3.91. The van der Waals surface area contributed by atoms with Gasteiger partial charge in [-0.15, -0.1) is 11.3 Å². The van der Waals surface area contributed by atoms with Gasteiger partial charge in [-0.2, -0.15) is 0 Å². The maximum Gasteiger partial charge on any atom is 0.263 e. The van der Waals surface area contributed by atoms with E-state index in [1.807, 2.05) is 49.9 Å². The molecule has 1 aliphatic heterocycles. The van der Waals surface area contributed by atoms with E-state index in [1.165, 1.54) is 11.3 Å². The van der Waals surface area contributed by atoms with Crippen molar-refractivity contribution < 1.29 is 9.59 Å². The summed E-state index contributed by atoms with van der Waals surface area (Å²) >= 11 is 1.41. The summed E-state index contributed by atoms with van der Waals surface area (Å²) in [4.78, 5) is 31.1. The first-order chi connectivity index (χ1) is 11.5. The average Bonchev–Trinajstić information content (AvgIpc) is 3.12. The minimum Gasteiger partial charge on any atom is -0.345 e. The Labute approximate surface area is 145 Å². The molecule has 5 nitrogen and oxygen atoms in total. The maximum atomic E-state index is 12.5. The van der Waals surface area contributed by atoms with E-state index in [4.69, 9.17) is 0 Å². The molecule has 0 spiro atoms. The fraction of sp³-hybridized carbons (Fsp3) is 0.389. The summed E-state index contributed by atoms with van der Waals surface area (Å²) in [6.07, 6.45) is 1.51. The summed E-state index contributed by atoms with van der Waals surface area (Å²) in [6.45, 7) is 6.46. The van der Waals surface area contributed by atoms with Crippen molar-refractivity contribution >= 4 is 28.8 Å². The van der Waals surface area contributed by atoms with Gasteiger partial charge in [-0.25, -0.2) is 4.98 Å². The molecule has 0 radical (unpaired) electrons. The zero-order valence-electron chi connectivity index (χ0n) is 14.1. The summed E-state index contributed by atoms with van der Waals surface area (Å²) in [6, 6.07) is 7.69. The van der Waals surface area contributed by atoms with Gasteiger partial charge < -0.3 is 10.2 Å². The first-order valence-corrected chi connectivity index (χ1v) is 8.92. The minimum atomic E-state index is -0.142. The summed E-state index contributed by atoms with van der Waals surface area (Å²) in [5.41, 5.74) is 2.65. The topological polar surface area (TPSA) is 62.3 Å². The maximum absolute atomic E-state index is 12.5. The molecular formula is C18H21N3O2S. The first kappa shape index (κ1) is 16.6. The quantitative estimate of drug-likeness (QED) is 0.926. The fourth-order valence-corrected chi connectivity index (χ4v) is 3.79. The molecule has 2 heterocycles. The number of thiazole rings is 1. The molecule has 2 amide bonds. The van der Waals surface area contributed by atoms with E-state index in [0.717, 1.165) is 34.9 Å². The van der Waals surface area contributed by atoms with Gasteiger partial charge in [0.15, 0.2) is 0 Å². The summed E-state index contributed by atoms with van der Waals surface area (Å²) in [5.74, 6) is 0.0628. The highest BCUT2D eigenvalue weighted by molar-refractivity contribution is 7.13. The summed E-state index contributed by atoms with van der Waals surface area (Å²) in [7, 11) is 0. The van der Waals surface area contributed by atoms with Gasteiger partial charge in [0.05, 0.1) is 16.7 Å². The van der Waals surface area contributed by atoms with Crippen molar-refractivity contribution in [3.63, 3.8) is 0 Å². The van der Waals surface area contributed by atoms with Crippen molar-refractivity contribution in [2.24, 2.45) is 0 Å². The molecule has 0 saturated carbocycles. The third-order valence-corrected chi connectivity index (χ3v) is 5.28. The van der Waals surface area contributed by atoms with Crippen molar-refractivity contribution in [1.29, 1.82) is 0 Å². The largest absolute Gasteiger partial charge is 0.345 e. The van der Waals surface area contributed by atoms with Gasteiger partial charge in [0.2, 0.25) is 5.91 Å². The van der Waals surface area contributed by atoms with Crippen molar-refractivity contribution in [3.8, 4) is 0 Å². The lowest BCUT2D eigenvalue weighted by Gasteiger charge is -2.19. The third-order valence-electron chi connectivity index (χ3n) is 4.21. The van der Waals surface area contributed by atoms with Crippen LogP contribution in [0, 0.1) is 13.8 Å². The Balaban J connectivity index is 1.75. The molecular weight excluding hydrogens is 322 g/mol. The SMILES string of the molecule is Cc1nc(C)c(C(=O)NC(C)c2cccc(N3CCCC3=O)c2)s1. The smallest absolute Gasteiger partial charge is 0.263 e. The van der Waals surface area contributed by atoms with Crippen molar-refractivity contribution in [2.75, 3.05) is 11.4 Å². The van der Waals surface area contributed by atoms with E-state index < -0.39 is 0 Å². The van der Waals surface area contributed by atoms with Gasteiger partial charge in [-0.05, 0) is 44.9 Å². The van der Waals surface area contributed by atoms with Crippen molar-refractivity contribution in [3.05, 3.63) is 45.4 Å². The third kappa shape index (κ3) is 3.33. The molecule has 0 aliphatic carbocycles. The second-order valence-electron chi connectivity index (χ2n) is 6.09. The Kier molecular flexibility index (Phi) is 4.66. The lowest BCUT2D eigenvalue weighted by Crippen LogP contribution is -2.27. The van der Waals surface area contributed by atoms with Crippen LogP contribution in [0.15, 0.2) is 24.3 Å². The molecule has 1 atom stereocenters. The molecule has 2 aromatic rings. The second-order valence-corrected chi connectivity index (χ2v) is 7.29. The number of nitrogens with one attached hydrogen (secondary N) is 1. The molecule has 1 saturated heterocycles. The highest BCUT2D eigenvalue weighted by atomic mass is 32.1. The zero-order valence-corrected chi connectivity index (χ0v) is 14.9. The molecule has 1 aromatic heterocycles. The Morgan fingerprint density at radius 2 is 2.17 bits per heavy atom. The number of aromatic nitrogens is 1. The van der Waals surface area contributed by atoms with Crippen LogP contribution in [0.5, 0.6) is 0 Å². The van der Waals surface area contributed by atoms with Crippen LogP contribution >= 0.6 is 11.3 Å². The van der Waals surface area contributed by atoms with Crippen LogP contribution in [-0.2, 0) is 4.79 Å². The molecule has 1 N–H and O–H groups in total. The van der Waals surface area contributed by atoms with Gasteiger partial charge >= 0.3 is 0 Å². The van der Waals surface area contributed by atoms with Crippen LogP contribution < -0.4 is 10.2 Å². The van der Waals surface area contributed by atoms with E-state index in [0.29, 0.717) is 11.3 Å². The summed E-state index contributed by atoms with van der Waals surface area (Å²) < 4.78 is 0. The Hall–Kier alpha value is -2.21. The van der Waals surface area contributed by atoms with Crippen LogP contribution in [0.25, 0.3) is 0 Å². The number of aryl methyl sites for hydroxylation is 2. The number of rotatable bonds is 4. The molecule has 1 fully saturated rings. The number of carbonyl (C=O) groups excluding carboxylic acids is 2. The van der Waals surface area contributed by atoms with E-state index in [1.54, 1.807) is 0 Å². The predicted octanol–water partition coefficient (Wildman–Crippen LogP) is 3.38. The number of hydrogen-bond acceptors (Lipinski definition) is 4. The number of nitrogens with zero attached hydrogens (tertiary/aromatic N) is 2. The molecule has 1 aliphatic rings. The van der Waals surface area contributed by atoms with Crippen molar-refractivity contribution in [2.45, 2.75) is 39.7 Å². The zero-order chi connectivity index (χ0) is 17.3. The minimum absolute atomic E-state index is 0.103. The van der Waals surface area contributed by atoms with Crippen LogP contribution in [0.4, 0.5) is 5.69 Å². The van der Waals surface area contributed by atoms with Gasteiger partial charge in [-0.1, -0.05) is 12.1 Å². The molecule has 24 heavy (non-hydrogen) atoms. The molecule has 6 heteroatoms. The molecule has 126 valence electrons. The highest BCUT2D eigenvalue weighted by Crippen LogP contribution is 2.25. The standard InChI is InChI=1S/C18H21N3O2S/c1-11(20-18(23)17-12(2)19-13(3)24-17)14-6-4-7-15(10-14)21-9-5-8-16(21)22/h4,6-7,10-11H,5,8-9H2,1-3H3,(H,20,23). The number of hydrogen-bond donors (Lipinski definition) is 1. The monoisotopic (exact) mass is 343 g/mol. The Morgan fingerprint density at radius 1 is 1.38 bits per heavy atom. The second kappa shape index (κ2) is 6.73. The lowest BCUT2D eigenvalue weighted by atomic mass is 10.1. The van der Waals surface area contributed by atoms with E-state index in [-0.39, 0.29) is 17.9 Å². The molecule has 1 aromatic carbocycles. The van der Waals surface area contributed by atoms with E-state index in [9.17, 15) is 9.59 Å². The molecule has 3 rings (SSSR count). The Bertz CT molecular complexity index is 784. The van der Waals surface area contributed by atoms with Crippen LogP contribution in [0.1, 0.15) is 51.7 Å². The Morgan fingerprint density at radius 3 is 2.79 bits per heavy atom. The van der Waals surface area contributed by atoms with Crippen LogP contribution in [-0.4, -0.2) is 23.3 Å². The van der Waals surface area contributed by atoms with Crippen LogP contribution in [0.3, 0.4) is 0 Å². The fourth-order valence-electron chi connectivity index (χ4n) is 2.97. The molecule has 0 bridgehead atoms. The van der Waals surface area contributed by atoms with Gasteiger partial charge in [0.1, 0.15) is 4.88 Å². The first-order valence-electron chi connectivity index (χ1n) is 8.11. The van der Waals surface area contributed by atoms with E-state index >= 15 is 0 Å². The van der Waals surface area contributed by atoms with E-state index in [2.05, 4.69) is 10.3 Å². The van der Waals surface area contributed by atoms with Gasteiger partial charge in [0, 0.05) is 18.7 Å². The normalized spacial score (nSPS) is 15.6. The number of carbonyl (C=O) groups is 2. The number of amides is 2. The van der Waals surface area contributed by atoms with Crippen LogP contribution in [0.2, 0.25) is 0 Å². The van der Waals surface area contributed by atoms with Crippen molar-refractivity contribution in [1.82, 2.24) is 10.3 Å². The predicted molar refractivity (Wildman–Crippen MR) is 95.5 cm³/mol. The van der Waals surface area contributed by atoms with Gasteiger partial charge in [0.25, 0.3) is 5.91 Å². The highest BCUT2D eigenvalue weighted by Gasteiger charge is 2.22. The average molecular weight is 343 g/mol.